The Morgan fingerprint density at radius 1 is 1.24 bits per heavy atom. The van der Waals surface area contributed by atoms with E-state index in [2.05, 4.69) is 0 Å². The van der Waals surface area contributed by atoms with Gasteiger partial charge in [-0.25, -0.2) is 0 Å². The van der Waals surface area contributed by atoms with Crippen LogP contribution in [0.5, 0.6) is 11.5 Å². The molecule has 1 fully saturated rings. The Morgan fingerprint density at radius 2 is 1.90 bits per heavy atom. The maximum absolute atomic E-state index is 12.4. The molecule has 0 saturated heterocycles. The number of carbonyl (C=O) groups is 1. The van der Waals surface area contributed by atoms with E-state index in [4.69, 9.17) is 0 Å². The SMILES string of the molecule is CC1(O)CCC(O)C2(C)c3ccc(O)c(O)c3C(=O)CC12. The monoisotopic (exact) mass is 292 g/mol. The van der Waals surface area contributed by atoms with Crippen molar-refractivity contribution < 1.29 is 25.2 Å². The van der Waals surface area contributed by atoms with Gasteiger partial charge in [0.25, 0.3) is 0 Å². The van der Waals surface area contributed by atoms with E-state index in [-0.39, 0.29) is 23.5 Å². The van der Waals surface area contributed by atoms with Crippen LogP contribution in [0, 0.1) is 5.92 Å². The Morgan fingerprint density at radius 3 is 2.57 bits per heavy atom. The van der Waals surface area contributed by atoms with Crippen molar-refractivity contribution in [2.75, 3.05) is 0 Å². The summed E-state index contributed by atoms with van der Waals surface area (Å²) in [5, 5.41) is 40.8. The van der Waals surface area contributed by atoms with Gasteiger partial charge in [-0.1, -0.05) is 13.0 Å². The number of hydrogen-bond acceptors (Lipinski definition) is 5. The highest BCUT2D eigenvalue weighted by Gasteiger charge is 2.57. The minimum absolute atomic E-state index is 0.0462. The molecule has 1 aromatic carbocycles. The Hall–Kier alpha value is -1.59. The number of phenols is 2. The van der Waals surface area contributed by atoms with Crippen LogP contribution in [-0.4, -0.2) is 37.9 Å². The summed E-state index contributed by atoms with van der Waals surface area (Å²) in [6, 6.07) is 2.89. The molecule has 114 valence electrons. The van der Waals surface area contributed by atoms with Crippen LogP contribution in [0.1, 0.15) is 49.0 Å². The topological polar surface area (TPSA) is 98.0 Å². The molecule has 4 unspecified atom stereocenters. The molecule has 5 heteroatoms. The van der Waals surface area contributed by atoms with E-state index >= 15 is 0 Å². The molecule has 5 nitrogen and oxygen atoms in total. The maximum atomic E-state index is 12.4. The Bertz CT molecular complexity index is 621. The molecule has 4 atom stereocenters. The fourth-order valence-corrected chi connectivity index (χ4v) is 4.18. The summed E-state index contributed by atoms with van der Waals surface area (Å²) in [5.41, 5.74) is -1.29. The van der Waals surface area contributed by atoms with E-state index in [1.165, 1.54) is 6.07 Å². The average molecular weight is 292 g/mol. The first-order valence-electron chi connectivity index (χ1n) is 7.18. The third kappa shape index (κ3) is 1.74. The third-order valence-electron chi connectivity index (χ3n) is 5.50. The molecule has 0 aliphatic heterocycles. The van der Waals surface area contributed by atoms with Gasteiger partial charge in [-0.2, -0.15) is 0 Å². The van der Waals surface area contributed by atoms with Crippen LogP contribution in [0.3, 0.4) is 0 Å². The second kappa shape index (κ2) is 4.21. The molecule has 0 heterocycles. The highest BCUT2D eigenvalue weighted by molar-refractivity contribution is 6.02. The van der Waals surface area contributed by atoms with E-state index in [1.54, 1.807) is 13.0 Å². The van der Waals surface area contributed by atoms with Crippen molar-refractivity contribution in [1.29, 1.82) is 0 Å². The van der Waals surface area contributed by atoms with E-state index in [0.717, 1.165) is 0 Å². The van der Waals surface area contributed by atoms with Crippen LogP contribution in [0.4, 0.5) is 0 Å². The molecule has 2 aliphatic rings. The van der Waals surface area contributed by atoms with Crippen molar-refractivity contribution in [2.24, 2.45) is 5.92 Å². The zero-order valence-corrected chi connectivity index (χ0v) is 12.1. The molecule has 0 spiro atoms. The molecule has 0 radical (unpaired) electrons. The van der Waals surface area contributed by atoms with Crippen LogP contribution in [0.15, 0.2) is 12.1 Å². The van der Waals surface area contributed by atoms with Gasteiger partial charge in [-0.05, 0) is 31.4 Å². The number of aliphatic hydroxyl groups excluding tert-OH is 1. The van der Waals surface area contributed by atoms with E-state index < -0.39 is 28.8 Å². The highest BCUT2D eigenvalue weighted by Crippen LogP contribution is 2.55. The Balaban J connectivity index is 2.28. The van der Waals surface area contributed by atoms with Crippen LogP contribution in [-0.2, 0) is 5.41 Å². The number of carbonyl (C=O) groups excluding carboxylic acids is 1. The first-order valence-corrected chi connectivity index (χ1v) is 7.18. The molecular formula is C16H20O5. The van der Waals surface area contributed by atoms with Crippen molar-refractivity contribution in [3.05, 3.63) is 23.3 Å². The van der Waals surface area contributed by atoms with E-state index in [0.29, 0.717) is 18.4 Å². The van der Waals surface area contributed by atoms with Crippen molar-refractivity contribution in [1.82, 2.24) is 0 Å². The summed E-state index contributed by atoms with van der Waals surface area (Å²) in [5.74, 6) is -1.51. The molecule has 1 saturated carbocycles. The van der Waals surface area contributed by atoms with Crippen molar-refractivity contribution in [2.45, 2.75) is 50.2 Å². The number of Topliss-reactive ketones (excluding diaryl/α,β-unsaturated/α-hetero) is 1. The zero-order valence-electron chi connectivity index (χ0n) is 12.1. The number of rotatable bonds is 0. The zero-order chi connectivity index (χ0) is 15.6. The fraction of sp³-hybridized carbons (Fsp3) is 0.562. The lowest BCUT2D eigenvalue weighted by molar-refractivity contribution is -0.118. The van der Waals surface area contributed by atoms with Crippen molar-refractivity contribution in [3.8, 4) is 11.5 Å². The number of hydrogen-bond donors (Lipinski definition) is 4. The smallest absolute Gasteiger partial charge is 0.168 e. The van der Waals surface area contributed by atoms with E-state index in [1.807, 2.05) is 6.92 Å². The van der Waals surface area contributed by atoms with Gasteiger partial charge >= 0.3 is 0 Å². The highest BCUT2D eigenvalue weighted by atomic mass is 16.3. The van der Waals surface area contributed by atoms with Gasteiger partial charge in [0.2, 0.25) is 0 Å². The van der Waals surface area contributed by atoms with Crippen molar-refractivity contribution in [3.63, 3.8) is 0 Å². The second-order valence-corrected chi connectivity index (χ2v) is 6.73. The number of phenolic OH excluding ortho intramolecular Hbond substituents is 2. The lowest BCUT2D eigenvalue weighted by atomic mass is 9.52. The van der Waals surface area contributed by atoms with Gasteiger partial charge in [-0.15, -0.1) is 0 Å². The van der Waals surface area contributed by atoms with Crippen LogP contribution >= 0.6 is 0 Å². The van der Waals surface area contributed by atoms with Crippen molar-refractivity contribution >= 4 is 5.78 Å². The lowest BCUT2D eigenvalue weighted by Crippen LogP contribution is -2.60. The molecule has 21 heavy (non-hydrogen) atoms. The standard InChI is InChI=1S/C16H20O5/c1-15(21)6-5-12(19)16(2)8-3-4-9(17)14(20)13(8)10(18)7-11(15)16/h3-4,11-12,17,19-21H,5-7H2,1-2H3. The molecule has 0 aromatic heterocycles. The summed E-state index contributed by atoms with van der Waals surface area (Å²) in [7, 11) is 0. The molecule has 0 amide bonds. The number of aromatic hydroxyl groups is 2. The van der Waals surface area contributed by atoms with E-state index in [9.17, 15) is 25.2 Å². The molecule has 4 N–H and O–H groups in total. The summed E-state index contributed by atoms with van der Waals surface area (Å²) in [6.45, 7) is 3.51. The van der Waals surface area contributed by atoms with Crippen LogP contribution < -0.4 is 0 Å². The van der Waals surface area contributed by atoms with Gasteiger partial charge < -0.3 is 20.4 Å². The lowest BCUT2D eigenvalue weighted by Gasteiger charge is -2.54. The number of aliphatic hydroxyl groups is 2. The Kier molecular flexibility index (Phi) is 2.88. The summed E-state index contributed by atoms with van der Waals surface area (Å²) < 4.78 is 0. The van der Waals surface area contributed by atoms with Gasteiger partial charge in [-0.3, -0.25) is 4.79 Å². The van der Waals surface area contributed by atoms with Crippen LogP contribution in [0.25, 0.3) is 0 Å². The van der Waals surface area contributed by atoms with Gasteiger partial charge in [0.05, 0.1) is 17.3 Å². The van der Waals surface area contributed by atoms with Gasteiger partial charge in [0.1, 0.15) is 0 Å². The summed E-state index contributed by atoms with van der Waals surface area (Å²) in [6.07, 6.45) is 0.194. The Labute approximate surface area is 122 Å². The largest absolute Gasteiger partial charge is 0.504 e. The quantitative estimate of drug-likeness (QED) is 0.543. The maximum Gasteiger partial charge on any atom is 0.168 e. The summed E-state index contributed by atoms with van der Waals surface area (Å²) >= 11 is 0. The molecule has 3 rings (SSSR count). The first kappa shape index (κ1) is 14.4. The normalized spacial score (nSPS) is 38.8. The second-order valence-electron chi connectivity index (χ2n) is 6.73. The van der Waals surface area contributed by atoms with Crippen LogP contribution in [0.2, 0.25) is 0 Å². The minimum atomic E-state index is -1.05. The molecular weight excluding hydrogens is 272 g/mol. The van der Waals surface area contributed by atoms with Gasteiger partial charge in [0.15, 0.2) is 17.3 Å². The number of benzene rings is 1. The first-order chi connectivity index (χ1) is 9.69. The number of ketones is 1. The van der Waals surface area contributed by atoms with Gasteiger partial charge in [0, 0.05) is 17.8 Å². The minimum Gasteiger partial charge on any atom is -0.504 e. The average Bonchev–Trinajstić information content (AvgIpc) is 2.41. The summed E-state index contributed by atoms with van der Waals surface area (Å²) in [4.78, 5) is 12.4. The number of fused-ring (bicyclic) bond motifs is 3. The predicted molar refractivity (Wildman–Crippen MR) is 75.4 cm³/mol. The predicted octanol–water partition coefficient (Wildman–Crippen LogP) is 1.46. The molecule has 1 aromatic rings. The fourth-order valence-electron chi connectivity index (χ4n) is 4.18. The molecule has 2 aliphatic carbocycles. The molecule has 0 bridgehead atoms. The third-order valence-corrected chi connectivity index (χ3v) is 5.50.